The average Bonchev–Trinajstić information content (AvgIpc) is 2.61. The number of hydrogen-bond donors (Lipinski definition) is 1. The summed E-state index contributed by atoms with van der Waals surface area (Å²) in [5.74, 6) is -0.536. The lowest BCUT2D eigenvalue weighted by molar-refractivity contribution is -0.156. The van der Waals surface area contributed by atoms with Crippen LogP contribution in [0, 0.1) is 11.3 Å². The SMILES string of the molecule is CC(C)(C)OC(=O)C(N)c1ncc(C#N)s1. The normalized spacial score (nSPS) is 12.9. The summed E-state index contributed by atoms with van der Waals surface area (Å²) in [5, 5.41) is 9.02. The summed E-state index contributed by atoms with van der Waals surface area (Å²) in [5.41, 5.74) is 5.10. The lowest BCUT2D eigenvalue weighted by atomic mass is 10.2. The fourth-order valence-corrected chi connectivity index (χ4v) is 1.65. The van der Waals surface area contributed by atoms with Gasteiger partial charge >= 0.3 is 5.97 Å². The lowest BCUT2D eigenvalue weighted by Crippen LogP contribution is -2.31. The zero-order valence-electron chi connectivity index (χ0n) is 9.35. The third-order valence-corrected chi connectivity index (χ3v) is 2.55. The van der Waals surface area contributed by atoms with E-state index in [4.69, 9.17) is 15.7 Å². The van der Waals surface area contributed by atoms with Crippen molar-refractivity contribution >= 4 is 17.3 Å². The fraction of sp³-hybridized carbons (Fsp3) is 0.500. The zero-order chi connectivity index (χ0) is 12.3. The van der Waals surface area contributed by atoms with Gasteiger partial charge in [0.2, 0.25) is 0 Å². The predicted molar refractivity (Wildman–Crippen MR) is 59.6 cm³/mol. The average molecular weight is 239 g/mol. The molecule has 1 aromatic rings. The third-order valence-electron chi connectivity index (χ3n) is 1.56. The van der Waals surface area contributed by atoms with E-state index in [1.165, 1.54) is 6.20 Å². The molecule has 2 N–H and O–H groups in total. The van der Waals surface area contributed by atoms with Crippen LogP contribution in [0.1, 0.15) is 36.7 Å². The smallest absolute Gasteiger partial charge is 0.330 e. The maximum Gasteiger partial charge on any atom is 0.330 e. The van der Waals surface area contributed by atoms with Crippen molar-refractivity contribution in [2.45, 2.75) is 32.4 Å². The van der Waals surface area contributed by atoms with Gasteiger partial charge in [0.1, 0.15) is 21.6 Å². The van der Waals surface area contributed by atoms with Crippen molar-refractivity contribution in [2.24, 2.45) is 5.73 Å². The Kier molecular flexibility index (Phi) is 3.62. The number of ether oxygens (including phenoxy) is 1. The minimum absolute atomic E-state index is 0.394. The van der Waals surface area contributed by atoms with Crippen LogP contribution in [0.3, 0.4) is 0 Å². The van der Waals surface area contributed by atoms with Gasteiger partial charge < -0.3 is 10.5 Å². The Morgan fingerprint density at radius 2 is 2.31 bits per heavy atom. The maximum atomic E-state index is 11.6. The van der Waals surface area contributed by atoms with Crippen LogP contribution < -0.4 is 5.73 Å². The van der Waals surface area contributed by atoms with Crippen molar-refractivity contribution in [3.8, 4) is 6.07 Å². The Bertz CT molecular complexity index is 428. The summed E-state index contributed by atoms with van der Waals surface area (Å²) >= 11 is 1.10. The summed E-state index contributed by atoms with van der Waals surface area (Å²) in [6.07, 6.45) is 1.39. The van der Waals surface area contributed by atoms with E-state index in [0.29, 0.717) is 9.88 Å². The standard InChI is InChI=1S/C10H13N3O2S/c1-10(2,3)15-9(14)7(12)8-13-5-6(4-11)16-8/h5,7H,12H2,1-3H3. The summed E-state index contributed by atoms with van der Waals surface area (Å²) in [6.45, 7) is 5.29. The molecule has 16 heavy (non-hydrogen) atoms. The number of thiazole rings is 1. The largest absolute Gasteiger partial charge is 0.458 e. The molecule has 0 saturated heterocycles. The molecule has 5 nitrogen and oxygen atoms in total. The molecule has 0 aliphatic carbocycles. The summed E-state index contributed by atoms with van der Waals surface area (Å²) in [7, 11) is 0. The molecule has 1 rings (SSSR count). The molecule has 0 amide bonds. The van der Waals surface area contributed by atoms with Crippen molar-refractivity contribution in [1.82, 2.24) is 4.98 Å². The van der Waals surface area contributed by atoms with E-state index >= 15 is 0 Å². The molecule has 0 spiro atoms. The summed E-state index contributed by atoms with van der Waals surface area (Å²) in [6, 6.07) is 1.01. The van der Waals surface area contributed by atoms with Gasteiger partial charge in [0.05, 0.1) is 6.20 Å². The Morgan fingerprint density at radius 3 is 2.75 bits per heavy atom. The summed E-state index contributed by atoms with van der Waals surface area (Å²) in [4.78, 5) is 15.9. The van der Waals surface area contributed by atoms with E-state index < -0.39 is 17.6 Å². The molecule has 1 unspecified atom stereocenters. The van der Waals surface area contributed by atoms with E-state index in [1.54, 1.807) is 20.8 Å². The number of hydrogen-bond acceptors (Lipinski definition) is 6. The first-order chi connectivity index (χ1) is 7.33. The number of carbonyl (C=O) groups is 1. The molecule has 0 radical (unpaired) electrons. The Balaban J connectivity index is 2.75. The molecule has 0 aliphatic heterocycles. The van der Waals surface area contributed by atoms with Gasteiger partial charge in [-0.1, -0.05) is 0 Å². The van der Waals surface area contributed by atoms with Crippen molar-refractivity contribution < 1.29 is 9.53 Å². The number of aromatic nitrogens is 1. The van der Waals surface area contributed by atoms with Crippen LogP contribution in [0.25, 0.3) is 0 Å². The van der Waals surface area contributed by atoms with Crippen molar-refractivity contribution in [2.75, 3.05) is 0 Å². The maximum absolute atomic E-state index is 11.6. The summed E-state index contributed by atoms with van der Waals surface area (Å²) < 4.78 is 5.12. The number of nitriles is 1. The van der Waals surface area contributed by atoms with E-state index in [9.17, 15) is 4.79 Å². The van der Waals surface area contributed by atoms with Gasteiger partial charge in [-0.05, 0) is 20.8 Å². The first-order valence-electron chi connectivity index (χ1n) is 4.68. The van der Waals surface area contributed by atoms with Gasteiger partial charge in [0.15, 0.2) is 6.04 Å². The molecule has 0 aromatic carbocycles. The van der Waals surface area contributed by atoms with Crippen LogP contribution in [0.4, 0.5) is 0 Å². The Morgan fingerprint density at radius 1 is 1.69 bits per heavy atom. The zero-order valence-corrected chi connectivity index (χ0v) is 10.2. The fourth-order valence-electron chi connectivity index (χ4n) is 0.949. The van der Waals surface area contributed by atoms with Crippen molar-refractivity contribution in [3.63, 3.8) is 0 Å². The predicted octanol–water partition coefficient (Wildman–Crippen LogP) is 1.36. The number of carbonyl (C=O) groups excluding carboxylic acids is 1. The van der Waals surface area contributed by atoms with Crippen LogP contribution >= 0.6 is 11.3 Å². The molecule has 1 atom stereocenters. The van der Waals surface area contributed by atoms with Crippen LogP contribution in [0.15, 0.2) is 6.20 Å². The van der Waals surface area contributed by atoms with Gasteiger partial charge in [0, 0.05) is 0 Å². The van der Waals surface area contributed by atoms with Crippen LogP contribution in [0.5, 0.6) is 0 Å². The van der Waals surface area contributed by atoms with E-state index in [-0.39, 0.29) is 0 Å². The van der Waals surface area contributed by atoms with Gasteiger partial charge in [-0.3, -0.25) is 0 Å². The highest BCUT2D eigenvalue weighted by Crippen LogP contribution is 2.20. The topological polar surface area (TPSA) is 89.0 Å². The van der Waals surface area contributed by atoms with Gasteiger partial charge in [-0.25, -0.2) is 9.78 Å². The molecule has 1 heterocycles. The van der Waals surface area contributed by atoms with E-state index in [2.05, 4.69) is 4.98 Å². The van der Waals surface area contributed by atoms with Crippen LogP contribution in [0.2, 0.25) is 0 Å². The van der Waals surface area contributed by atoms with Crippen molar-refractivity contribution in [1.29, 1.82) is 5.26 Å². The Labute approximate surface area is 97.9 Å². The van der Waals surface area contributed by atoms with E-state index in [1.807, 2.05) is 6.07 Å². The highest BCUT2D eigenvalue weighted by molar-refractivity contribution is 7.12. The van der Waals surface area contributed by atoms with Crippen molar-refractivity contribution in [3.05, 3.63) is 16.1 Å². The first-order valence-corrected chi connectivity index (χ1v) is 5.49. The third kappa shape index (κ3) is 3.29. The van der Waals surface area contributed by atoms with Crippen LogP contribution in [-0.4, -0.2) is 16.6 Å². The highest BCUT2D eigenvalue weighted by atomic mass is 32.1. The second kappa shape index (κ2) is 4.60. The monoisotopic (exact) mass is 239 g/mol. The quantitative estimate of drug-likeness (QED) is 0.787. The van der Waals surface area contributed by atoms with Gasteiger partial charge in [0.25, 0.3) is 0 Å². The molecular formula is C10H13N3O2S. The molecule has 0 saturated carbocycles. The second-order valence-electron chi connectivity index (χ2n) is 4.19. The first kappa shape index (κ1) is 12.6. The molecule has 0 aliphatic rings. The minimum Gasteiger partial charge on any atom is -0.458 e. The molecular weight excluding hydrogens is 226 g/mol. The van der Waals surface area contributed by atoms with Gasteiger partial charge in [-0.2, -0.15) is 5.26 Å². The molecule has 0 fully saturated rings. The number of nitrogens with two attached hydrogens (primary N) is 1. The molecule has 0 bridgehead atoms. The van der Waals surface area contributed by atoms with Crippen LogP contribution in [-0.2, 0) is 9.53 Å². The van der Waals surface area contributed by atoms with E-state index in [0.717, 1.165) is 11.3 Å². The minimum atomic E-state index is -0.925. The lowest BCUT2D eigenvalue weighted by Gasteiger charge is -2.21. The second-order valence-corrected chi connectivity index (χ2v) is 5.25. The molecule has 6 heteroatoms. The number of nitrogens with zero attached hydrogens (tertiary/aromatic N) is 2. The van der Waals surface area contributed by atoms with Gasteiger partial charge in [-0.15, -0.1) is 11.3 Å². The number of rotatable bonds is 2. The number of esters is 1. The molecule has 86 valence electrons. The molecule has 1 aromatic heterocycles. The highest BCUT2D eigenvalue weighted by Gasteiger charge is 2.25. The Hall–Kier alpha value is -1.45.